The monoisotopic (exact) mass is 468 g/mol. The summed E-state index contributed by atoms with van der Waals surface area (Å²) in [5.41, 5.74) is 0.0660. The van der Waals surface area contributed by atoms with Gasteiger partial charge < -0.3 is 14.4 Å². The van der Waals surface area contributed by atoms with Gasteiger partial charge >= 0.3 is 6.09 Å². The zero-order valence-electron chi connectivity index (χ0n) is 18.2. The van der Waals surface area contributed by atoms with Crippen molar-refractivity contribution in [2.75, 3.05) is 20.2 Å². The first-order chi connectivity index (χ1) is 14.6. The summed E-state index contributed by atoms with van der Waals surface area (Å²) in [6, 6.07) is 6.03. The second-order valence-corrected chi connectivity index (χ2v) is 10.8. The molecule has 8 nitrogen and oxygen atoms in total. The molecule has 0 N–H and O–H groups in total. The van der Waals surface area contributed by atoms with Crippen molar-refractivity contribution in [2.45, 2.75) is 56.6 Å². The van der Waals surface area contributed by atoms with Crippen LogP contribution in [0.25, 0.3) is 0 Å². The molecule has 0 spiro atoms. The molecular weight excluding hydrogens is 440 g/mol. The molecule has 170 valence electrons. The first-order valence-electron chi connectivity index (χ1n) is 10.0. The Morgan fingerprint density at radius 2 is 1.84 bits per heavy atom. The quantitative estimate of drug-likeness (QED) is 0.587. The maximum atomic E-state index is 12.4. The number of amides is 1. The Labute approximate surface area is 187 Å². The van der Waals surface area contributed by atoms with Crippen molar-refractivity contribution in [3.8, 4) is 5.75 Å². The van der Waals surface area contributed by atoms with Crippen molar-refractivity contribution in [1.82, 2.24) is 9.88 Å². The smallest absolute Gasteiger partial charge is 0.410 e. The van der Waals surface area contributed by atoms with Crippen LogP contribution >= 0.6 is 11.3 Å². The molecule has 1 saturated heterocycles. The van der Waals surface area contributed by atoms with Crippen molar-refractivity contribution in [3.05, 3.63) is 40.3 Å². The third-order valence-corrected chi connectivity index (χ3v) is 7.11. The summed E-state index contributed by atoms with van der Waals surface area (Å²) in [4.78, 5) is 18.6. The molecule has 1 amide bonds. The molecule has 3 rings (SSSR count). The first-order valence-corrected chi connectivity index (χ1v) is 12.3. The summed E-state index contributed by atoms with van der Waals surface area (Å²) >= 11 is 1.49. The van der Waals surface area contributed by atoms with Gasteiger partial charge in [0.1, 0.15) is 18.0 Å². The Morgan fingerprint density at radius 1 is 1.19 bits per heavy atom. The van der Waals surface area contributed by atoms with Gasteiger partial charge in [-0.15, -0.1) is 11.3 Å². The molecule has 0 saturated carbocycles. The molecule has 1 aromatic carbocycles. The number of likely N-dealkylation sites (tertiary alicyclic amines) is 1. The highest BCUT2D eigenvalue weighted by Gasteiger charge is 2.29. The van der Waals surface area contributed by atoms with Crippen LogP contribution in [0, 0.1) is 0 Å². The van der Waals surface area contributed by atoms with Gasteiger partial charge in [-0.05, 0) is 57.9 Å². The van der Waals surface area contributed by atoms with E-state index in [1.807, 2.05) is 26.2 Å². The van der Waals surface area contributed by atoms with Crippen LogP contribution in [-0.4, -0.2) is 50.2 Å². The molecule has 2 heterocycles. The number of carbonyl (C=O) groups excluding carboxylic acids is 1. The third-order valence-electron chi connectivity index (χ3n) is 4.78. The minimum Gasteiger partial charge on any atom is -0.497 e. The SMILES string of the molecule is COc1ccc(S(=O)(=O)OCc2csc(C3CCN(C(=O)OC(C)(C)C)CC3)n2)cc1. The lowest BCUT2D eigenvalue weighted by atomic mass is 9.98. The lowest BCUT2D eigenvalue weighted by Crippen LogP contribution is -2.41. The van der Waals surface area contributed by atoms with E-state index < -0.39 is 15.7 Å². The molecule has 1 fully saturated rings. The van der Waals surface area contributed by atoms with Gasteiger partial charge in [-0.25, -0.2) is 9.78 Å². The van der Waals surface area contributed by atoms with Crippen LogP contribution < -0.4 is 4.74 Å². The van der Waals surface area contributed by atoms with Gasteiger partial charge in [0.25, 0.3) is 10.1 Å². The second kappa shape index (κ2) is 9.54. The number of methoxy groups -OCH3 is 1. The number of hydrogen-bond acceptors (Lipinski definition) is 8. The summed E-state index contributed by atoms with van der Waals surface area (Å²) in [5.74, 6) is 0.802. The van der Waals surface area contributed by atoms with Gasteiger partial charge in [0.05, 0.1) is 22.7 Å². The number of aromatic nitrogens is 1. The Bertz CT molecular complexity index is 988. The summed E-state index contributed by atoms with van der Waals surface area (Å²) < 4.78 is 40.4. The van der Waals surface area contributed by atoms with E-state index in [0.29, 0.717) is 24.5 Å². The van der Waals surface area contributed by atoms with E-state index in [1.165, 1.54) is 30.6 Å². The van der Waals surface area contributed by atoms with Crippen LogP contribution in [0.3, 0.4) is 0 Å². The van der Waals surface area contributed by atoms with Crippen LogP contribution in [0.1, 0.15) is 50.2 Å². The fourth-order valence-corrected chi connectivity index (χ4v) is 5.02. The molecule has 1 aliphatic heterocycles. The van der Waals surface area contributed by atoms with E-state index in [-0.39, 0.29) is 23.5 Å². The molecule has 0 atom stereocenters. The standard InChI is InChI=1S/C21H28N2O6S2/c1-21(2,3)29-20(24)23-11-9-15(10-12-23)19-22-16(14-30-19)13-28-31(25,26)18-7-5-17(27-4)6-8-18/h5-8,14-15H,9-13H2,1-4H3. The number of hydrogen-bond donors (Lipinski definition) is 0. The van der Waals surface area contributed by atoms with Crippen molar-refractivity contribution in [3.63, 3.8) is 0 Å². The highest BCUT2D eigenvalue weighted by atomic mass is 32.2. The zero-order chi connectivity index (χ0) is 22.6. The topological polar surface area (TPSA) is 95.0 Å². The van der Waals surface area contributed by atoms with Crippen LogP contribution in [0.15, 0.2) is 34.5 Å². The summed E-state index contributed by atoms with van der Waals surface area (Å²) in [6.07, 6.45) is 1.29. The van der Waals surface area contributed by atoms with Crippen molar-refractivity contribution < 1.29 is 26.9 Å². The molecule has 31 heavy (non-hydrogen) atoms. The van der Waals surface area contributed by atoms with Crippen molar-refractivity contribution in [1.29, 1.82) is 0 Å². The number of rotatable bonds is 6. The van der Waals surface area contributed by atoms with Gasteiger partial charge in [0, 0.05) is 24.4 Å². The molecule has 1 aliphatic rings. The lowest BCUT2D eigenvalue weighted by Gasteiger charge is -2.32. The molecule has 1 aromatic heterocycles. The van der Waals surface area contributed by atoms with E-state index in [4.69, 9.17) is 13.7 Å². The number of piperidine rings is 1. The molecular formula is C21H28N2O6S2. The molecule has 2 aromatic rings. The van der Waals surface area contributed by atoms with Gasteiger partial charge in [0.2, 0.25) is 0 Å². The first kappa shape index (κ1) is 23.5. The largest absolute Gasteiger partial charge is 0.497 e. The molecule has 0 unspecified atom stereocenters. The summed E-state index contributed by atoms with van der Waals surface area (Å²) in [5, 5.41) is 2.75. The van der Waals surface area contributed by atoms with E-state index in [2.05, 4.69) is 4.98 Å². The fraction of sp³-hybridized carbons (Fsp3) is 0.524. The van der Waals surface area contributed by atoms with Crippen LogP contribution in [0.5, 0.6) is 5.75 Å². The average molecular weight is 469 g/mol. The number of thiazole rings is 1. The predicted octanol–water partition coefficient (Wildman–Crippen LogP) is 4.17. The summed E-state index contributed by atoms with van der Waals surface area (Å²) in [6.45, 7) is 6.65. The van der Waals surface area contributed by atoms with Crippen molar-refractivity contribution >= 4 is 27.5 Å². The second-order valence-electron chi connectivity index (χ2n) is 8.31. The molecule has 0 aliphatic carbocycles. The van der Waals surface area contributed by atoms with E-state index in [1.54, 1.807) is 17.0 Å². The summed E-state index contributed by atoms with van der Waals surface area (Å²) in [7, 11) is -2.36. The van der Waals surface area contributed by atoms with Crippen LogP contribution in [0.4, 0.5) is 4.79 Å². The van der Waals surface area contributed by atoms with E-state index >= 15 is 0 Å². The van der Waals surface area contributed by atoms with Gasteiger partial charge in [-0.2, -0.15) is 8.42 Å². The van der Waals surface area contributed by atoms with Crippen molar-refractivity contribution in [2.24, 2.45) is 0 Å². The van der Waals surface area contributed by atoms with Crippen LogP contribution in [-0.2, 0) is 25.6 Å². The number of nitrogens with zero attached hydrogens (tertiary/aromatic N) is 2. The maximum Gasteiger partial charge on any atom is 0.410 e. The van der Waals surface area contributed by atoms with Gasteiger partial charge in [0.15, 0.2) is 0 Å². The highest BCUT2D eigenvalue weighted by molar-refractivity contribution is 7.86. The highest BCUT2D eigenvalue weighted by Crippen LogP contribution is 2.31. The Balaban J connectivity index is 1.53. The molecule has 0 bridgehead atoms. The third kappa shape index (κ3) is 6.41. The number of benzene rings is 1. The minimum absolute atomic E-state index is 0.0678. The maximum absolute atomic E-state index is 12.4. The Hall–Kier alpha value is -2.17. The number of ether oxygens (including phenoxy) is 2. The molecule has 10 heteroatoms. The average Bonchev–Trinajstić information content (AvgIpc) is 3.20. The predicted molar refractivity (Wildman–Crippen MR) is 117 cm³/mol. The lowest BCUT2D eigenvalue weighted by molar-refractivity contribution is 0.0204. The van der Waals surface area contributed by atoms with E-state index in [9.17, 15) is 13.2 Å². The fourth-order valence-electron chi connectivity index (χ4n) is 3.16. The Kier molecular flexibility index (Phi) is 7.23. The van der Waals surface area contributed by atoms with Crippen LogP contribution in [0.2, 0.25) is 0 Å². The number of carbonyl (C=O) groups is 1. The minimum atomic E-state index is -3.88. The Morgan fingerprint density at radius 3 is 2.42 bits per heavy atom. The van der Waals surface area contributed by atoms with E-state index in [0.717, 1.165) is 17.8 Å². The normalized spacial score (nSPS) is 15.7. The zero-order valence-corrected chi connectivity index (χ0v) is 19.8. The van der Waals surface area contributed by atoms with Gasteiger partial charge in [-0.3, -0.25) is 4.18 Å². The molecule has 0 radical (unpaired) electrons. The van der Waals surface area contributed by atoms with Gasteiger partial charge in [-0.1, -0.05) is 0 Å².